The van der Waals surface area contributed by atoms with Crippen molar-refractivity contribution in [2.24, 2.45) is 0 Å². The van der Waals surface area contributed by atoms with E-state index in [0.29, 0.717) is 17.1 Å². The summed E-state index contributed by atoms with van der Waals surface area (Å²) in [6.07, 6.45) is 24.1. The van der Waals surface area contributed by atoms with Crippen molar-refractivity contribution in [1.82, 2.24) is 39.7 Å². The van der Waals surface area contributed by atoms with E-state index in [1.54, 1.807) is 23.1 Å². The molecule has 0 saturated carbocycles. The van der Waals surface area contributed by atoms with E-state index >= 15 is 0 Å². The van der Waals surface area contributed by atoms with Crippen LogP contribution in [0.5, 0.6) is 0 Å². The number of thioether (sulfide) groups is 1. The Labute approximate surface area is 399 Å². The fraction of sp³-hybridized carbons (Fsp3) is 0.255. The number of piperidine rings is 2. The molecule has 334 valence electrons. The van der Waals surface area contributed by atoms with E-state index in [9.17, 15) is 0 Å². The number of nitrogens with zero attached hydrogens (tertiary/aromatic N) is 8. The third-order valence-electron chi connectivity index (χ3n) is 11.0. The number of hydrogen-bond acceptors (Lipinski definition) is 15. The SMILES string of the molecule is C#Cc1cccc(Nc2ncnc3nc(Nc4ccc(CN5CCCCC5)cc4)sc23)c1.C#Cc1cccc(Nc2ncnc3nc(SC)sc23)c1.Nc1ccc(CN2CCCCC2)cc1. The summed E-state index contributed by atoms with van der Waals surface area (Å²) in [4.78, 5) is 31.3. The zero-order chi connectivity index (χ0) is 45.5. The van der Waals surface area contributed by atoms with Crippen LogP contribution in [0.25, 0.3) is 20.7 Å². The van der Waals surface area contributed by atoms with Gasteiger partial charge in [0.15, 0.2) is 32.4 Å². The summed E-state index contributed by atoms with van der Waals surface area (Å²) in [6.45, 7) is 7.02. The average molecular weight is 929 g/mol. The zero-order valence-corrected chi connectivity index (χ0v) is 39.4. The third kappa shape index (κ3) is 12.8. The van der Waals surface area contributed by atoms with E-state index < -0.39 is 0 Å². The summed E-state index contributed by atoms with van der Waals surface area (Å²) in [6, 6.07) is 32.2. The van der Waals surface area contributed by atoms with Gasteiger partial charge < -0.3 is 21.7 Å². The molecule has 4 aromatic carbocycles. The first-order valence-electron chi connectivity index (χ1n) is 22.0. The van der Waals surface area contributed by atoms with Crippen molar-refractivity contribution in [2.45, 2.75) is 56.0 Å². The summed E-state index contributed by atoms with van der Waals surface area (Å²) in [5, 5.41) is 10.8. The minimum atomic E-state index is 0.657. The van der Waals surface area contributed by atoms with Crippen molar-refractivity contribution in [3.8, 4) is 24.7 Å². The quantitative estimate of drug-likeness (QED) is 0.0555. The number of fused-ring (bicyclic) bond motifs is 2. The van der Waals surface area contributed by atoms with Crippen LogP contribution in [0.1, 0.15) is 60.8 Å². The van der Waals surface area contributed by atoms with Crippen molar-refractivity contribution in [3.05, 3.63) is 132 Å². The van der Waals surface area contributed by atoms with E-state index in [1.165, 1.54) is 99.8 Å². The minimum absolute atomic E-state index is 0.657. The Morgan fingerprint density at radius 2 is 1.09 bits per heavy atom. The maximum atomic E-state index is 5.65. The third-order valence-corrected chi connectivity index (χ3v) is 14.0. The number of aromatic nitrogens is 6. The molecule has 2 saturated heterocycles. The van der Waals surface area contributed by atoms with Crippen molar-refractivity contribution in [3.63, 3.8) is 0 Å². The number of likely N-dealkylation sites (tertiary alicyclic amines) is 2. The second-order valence-electron chi connectivity index (χ2n) is 15.9. The topological polar surface area (TPSA) is 146 Å². The van der Waals surface area contributed by atoms with Crippen molar-refractivity contribution in [2.75, 3.05) is 54.1 Å². The van der Waals surface area contributed by atoms with Crippen LogP contribution in [0.15, 0.2) is 114 Å². The highest BCUT2D eigenvalue weighted by Gasteiger charge is 2.14. The fourth-order valence-corrected chi connectivity index (χ4v) is 9.99. The van der Waals surface area contributed by atoms with Gasteiger partial charge >= 0.3 is 0 Å². The highest BCUT2D eigenvalue weighted by Crippen LogP contribution is 2.34. The standard InChI is InChI=1S/C25H24N6S.C14H10N4S2.C12H18N2/c1-2-18-7-6-8-21(15-18)28-23-22-24(27-17-26-23)30-25(32-22)29-20-11-9-19(10-12-20)16-31-13-4-3-5-14-31;1-3-9-5-4-6-10(7-9)17-12-11-13(16-8-15-12)18-14(19-2)20-11;13-12-6-4-11(5-7-12)10-14-8-2-1-3-9-14/h1,6-12,15,17H,3-5,13-14,16H2,(H2,26,27,28,29,30);1,4-8H,2H3,(H,15,16,17);4-7H,1-3,8-10,13H2. The smallest absolute Gasteiger partial charge is 0.189 e. The zero-order valence-electron chi connectivity index (χ0n) is 36.9. The number of nitrogen functional groups attached to an aromatic ring is 1. The van der Waals surface area contributed by atoms with Gasteiger partial charge in [-0.15, -0.1) is 24.2 Å². The molecule has 5 N–H and O–H groups in total. The summed E-state index contributed by atoms with van der Waals surface area (Å²) < 4.78 is 2.81. The Morgan fingerprint density at radius 1 is 0.591 bits per heavy atom. The molecule has 4 aromatic heterocycles. The van der Waals surface area contributed by atoms with E-state index in [0.717, 1.165) is 71.7 Å². The van der Waals surface area contributed by atoms with Gasteiger partial charge in [0.2, 0.25) is 0 Å². The molecule has 8 aromatic rings. The fourth-order valence-electron chi connectivity index (χ4n) is 7.65. The largest absolute Gasteiger partial charge is 0.399 e. The monoisotopic (exact) mass is 928 g/mol. The highest BCUT2D eigenvalue weighted by atomic mass is 32.2. The average Bonchev–Trinajstić information content (AvgIpc) is 3.99. The van der Waals surface area contributed by atoms with Crippen LogP contribution in [0.4, 0.5) is 39.5 Å². The van der Waals surface area contributed by atoms with Crippen molar-refractivity contribution < 1.29 is 0 Å². The molecule has 10 rings (SSSR count). The summed E-state index contributed by atoms with van der Waals surface area (Å²) >= 11 is 4.70. The summed E-state index contributed by atoms with van der Waals surface area (Å²) in [7, 11) is 0. The number of hydrogen-bond donors (Lipinski definition) is 4. The van der Waals surface area contributed by atoms with Gasteiger partial charge in [0, 0.05) is 47.0 Å². The maximum Gasteiger partial charge on any atom is 0.189 e. The Kier molecular flexibility index (Phi) is 16.0. The predicted octanol–water partition coefficient (Wildman–Crippen LogP) is 11.3. The van der Waals surface area contributed by atoms with Crippen LogP contribution in [0.3, 0.4) is 0 Å². The second kappa shape index (κ2) is 23.0. The molecular formula is C51H52N12S3. The Hall–Kier alpha value is -6.59. The van der Waals surface area contributed by atoms with Crippen LogP contribution >= 0.6 is 34.4 Å². The minimum Gasteiger partial charge on any atom is -0.399 e. The van der Waals surface area contributed by atoms with Crippen molar-refractivity contribution >= 4 is 94.6 Å². The van der Waals surface area contributed by atoms with Gasteiger partial charge in [-0.05, 0) is 130 Å². The molecule has 66 heavy (non-hydrogen) atoms. The predicted molar refractivity (Wildman–Crippen MR) is 276 cm³/mol. The van der Waals surface area contributed by atoms with Gasteiger partial charge in [-0.3, -0.25) is 9.80 Å². The first-order valence-corrected chi connectivity index (χ1v) is 24.9. The molecule has 15 heteroatoms. The molecule has 2 aliphatic heterocycles. The van der Waals surface area contributed by atoms with Gasteiger partial charge in [0.1, 0.15) is 22.1 Å². The first-order chi connectivity index (χ1) is 32.4. The molecular weight excluding hydrogens is 877 g/mol. The van der Waals surface area contributed by atoms with Gasteiger partial charge in [0.25, 0.3) is 0 Å². The van der Waals surface area contributed by atoms with E-state index in [1.807, 2.05) is 66.9 Å². The Balaban J connectivity index is 0.000000148. The van der Waals surface area contributed by atoms with Crippen LogP contribution in [-0.2, 0) is 13.1 Å². The van der Waals surface area contributed by atoms with E-state index in [-0.39, 0.29) is 0 Å². The second-order valence-corrected chi connectivity index (χ2v) is 18.9. The number of nitrogens with one attached hydrogen (secondary N) is 3. The van der Waals surface area contributed by atoms with Gasteiger partial charge in [-0.25, -0.2) is 24.9 Å². The number of anilines is 7. The normalized spacial score (nSPS) is 13.9. The van der Waals surface area contributed by atoms with E-state index in [2.05, 4.69) is 104 Å². The molecule has 0 bridgehead atoms. The molecule has 0 spiro atoms. The van der Waals surface area contributed by atoms with Crippen molar-refractivity contribution in [1.29, 1.82) is 0 Å². The lowest BCUT2D eigenvalue weighted by molar-refractivity contribution is 0.221. The Bertz CT molecular complexity index is 2910. The van der Waals surface area contributed by atoms with Crippen LogP contribution in [0, 0.1) is 24.7 Å². The molecule has 6 heterocycles. The lowest BCUT2D eigenvalue weighted by atomic mass is 10.1. The van der Waals surface area contributed by atoms with Gasteiger partial charge in [-0.1, -0.05) is 84.2 Å². The number of terminal acetylenes is 2. The molecule has 2 aliphatic rings. The molecule has 12 nitrogen and oxygen atoms in total. The Morgan fingerprint density at radius 3 is 1.61 bits per heavy atom. The number of nitrogens with two attached hydrogens (primary N) is 1. The van der Waals surface area contributed by atoms with Gasteiger partial charge in [-0.2, -0.15) is 4.98 Å². The number of thiazole rings is 2. The van der Waals surface area contributed by atoms with Gasteiger partial charge in [0.05, 0.1) is 0 Å². The lowest BCUT2D eigenvalue weighted by Crippen LogP contribution is -2.29. The molecule has 0 aliphatic carbocycles. The number of benzene rings is 4. The molecule has 0 atom stereocenters. The molecule has 0 amide bonds. The lowest BCUT2D eigenvalue weighted by Gasteiger charge is -2.26. The van der Waals surface area contributed by atoms with Crippen LogP contribution in [0.2, 0.25) is 0 Å². The number of rotatable bonds is 11. The van der Waals surface area contributed by atoms with E-state index in [4.69, 9.17) is 18.6 Å². The molecule has 2 fully saturated rings. The maximum absolute atomic E-state index is 5.65. The summed E-state index contributed by atoms with van der Waals surface area (Å²) in [5.74, 6) is 6.74. The highest BCUT2D eigenvalue weighted by molar-refractivity contribution is 8.00. The summed E-state index contributed by atoms with van der Waals surface area (Å²) in [5.41, 5.74) is 15.0. The van der Waals surface area contributed by atoms with Crippen LogP contribution in [-0.4, -0.2) is 72.1 Å². The van der Waals surface area contributed by atoms with Crippen LogP contribution < -0.4 is 21.7 Å². The first kappa shape index (κ1) is 46.0. The molecule has 0 radical (unpaired) electrons. The molecule has 0 unspecified atom stereocenters.